The van der Waals surface area contributed by atoms with Gasteiger partial charge in [0.25, 0.3) is 0 Å². The van der Waals surface area contributed by atoms with E-state index in [4.69, 9.17) is 14.2 Å². The van der Waals surface area contributed by atoms with Crippen molar-refractivity contribution in [2.24, 2.45) is 5.92 Å². The van der Waals surface area contributed by atoms with Crippen LogP contribution in [0.25, 0.3) is 0 Å². The van der Waals surface area contributed by atoms with E-state index in [1.807, 2.05) is 19.2 Å². The SMILES string of the molecule is CNCC(c1cc(OC)c(OC)c(OC)c1)C(C)C. The maximum absolute atomic E-state index is 5.40. The highest BCUT2D eigenvalue weighted by atomic mass is 16.5. The summed E-state index contributed by atoms with van der Waals surface area (Å²) in [7, 11) is 6.87. The number of benzene rings is 1. The van der Waals surface area contributed by atoms with Crippen molar-refractivity contribution in [3.05, 3.63) is 17.7 Å². The van der Waals surface area contributed by atoms with Crippen molar-refractivity contribution < 1.29 is 14.2 Å². The second kappa shape index (κ2) is 7.24. The molecule has 0 heterocycles. The molecule has 1 N–H and O–H groups in total. The first-order chi connectivity index (χ1) is 9.08. The Morgan fingerprint density at radius 2 is 1.53 bits per heavy atom. The first kappa shape index (κ1) is 15.6. The van der Waals surface area contributed by atoms with Crippen molar-refractivity contribution in [1.29, 1.82) is 0 Å². The third-order valence-electron chi connectivity index (χ3n) is 3.34. The third kappa shape index (κ3) is 3.53. The van der Waals surface area contributed by atoms with E-state index in [0.29, 0.717) is 29.1 Å². The Balaban J connectivity index is 3.27. The largest absolute Gasteiger partial charge is 0.493 e. The van der Waals surface area contributed by atoms with E-state index in [0.717, 1.165) is 6.54 Å². The van der Waals surface area contributed by atoms with Gasteiger partial charge in [0.1, 0.15) is 0 Å². The van der Waals surface area contributed by atoms with Crippen molar-refractivity contribution >= 4 is 0 Å². The maximum atomic E-state index is 5.40. The van der Waals surface area contributed by atoms with Gasteiger partial charge in [-0.1, -0.05) is 13.8 Å². The molecular weight excluding hydrogens is 242 g/mol. The molecule has 1 atom stereocenters. The Kier molecular flexibility index (Phi) is 5.96. The summed E-state index contributed by atoms with van der Waals surface area (Å²) in [5.74, 6) is 2.98. The number of likely N-dealkylation sites (N-methyl/N-ethyl adjacent to an activating group) is 1. The zero-order valence-corrected chi connectivity index (χ0v) is 12.7. The van der Waals surface area contributed by atoms with E-state index in [2.05, 4.69) is 19.2 Å². The number of hydrogen-bond donors (Lipinski definition) is 1. The van der Waals surface area contributed by atoms with E-state index in [-0.39, 0.29) is 0 Å². The van der Waals surface area contributed by atoms with Crippen LogP contribution in [0.15, 0.2) is 12.1 Å². The summed E-state index contributed by atoms with van der Waals surface area (Å²) in [6, 6.07) is 4.06. The van der Waals surface area contributed by atoms with Crippen LogP contribution in [0.3, 0.4) is 0 Å². The lowest BCUT2D eigenvalue weighted by Crippen LogP contribution is -2.21. The van der Waals surface area contributed by atoms with Crippen LogP contribution >= 0.6 is 0 Å². The smallest absolute Gasteiger partial charge is 0.203 e. The Labute approximate surface area is 116 Å². The molecule has 0 radical (unpaired) electrons. The highest BCUT2D eigenvalue weighted by Crippen LogP contribution is 2.41. The van der Waals surface area contributed by atoms with Gasteiger partial charge >= 0.3 is 0 Å². The number of methoxy groups -OCH3 is 3. The maximum Gasteiger partial charge on any atom is 0.203 e. The van der Waals surface area contributed by atoms with Gasteiger partial charge in [0.2, 0.25) is 5.75 Å². The lowest BCUT2D eigenvalue weighted by molar-refractivity contribution is 0.322. The van der Waals surface area contributed by atoms with Crippen molar-refractivity contribution in [2.75, 3.05) is 34.9 Å². The second-order valence-electron chi connectivity index (χ2n) is 4.87. The Bertz CT molecular complexity index is 379. The van der Waals surface area contributed by atoms with Gasteiger partial charge in [-0.25, -0.2) is 0 Å². The first-order valence-electron chi connectivity index (χ1n) is 6.53. The van der Waals surface area contributed by atoms with Crippen molar-refractivity contribution in [3.8, 4) is 17.2 Å². The van der Waals surface area contributed by atoms with E-state index < -0.39 is 0 Å². The molecule has 0 saturated carbocycles. The zero-order chi connectivity index (χ0) is 14.4. The molecule has 0 spiro atoms. The fourth-order valence-electron chi connectivity index (χ4n) is 2.27. The lowest BCUT2D eigenvalue weighted by Gasteiger charge is -2.23. The number of ether oxygens (including phenoxy) is 3. The van der Waals surface area contributed by atoms with Crippen molar-refractivity contribution in [1.82, 2.24) is 5.32 Å². The molecule has 108 valence electrons. The molecule has 0 aliphatic carbocycles. The Morgan fingerprint density at radius 3 is 1.84 bits per heavy atom. The second-order valence-corrected chi connectivity index (χ2v) is 4.87. The minimum atomic E-state index is 0.402. The van der Waals surface area contributed by atoms with Crippen LogP contribution in [0.4, 0.5) is 0 Å². The van der Waals surface area contributed by atoms with Crippen LogP contribution < -0.4 is 19.5 Å². The summed E-state index contributed by atoms with van der Waals surface area (Å²) in [5, 5.41) is 3.24. The molecule has 1 aromatic rings. The average molecular weight is 267 g/mol. The summed E-state index contributed by atoms with van der Waals surface area (Å²) in [6.45, 7) is 5.34. The van der Waals surface area contributed by atoms with Gasteiger partial charge in [-0.05, 0) is 36.6 Å². The molecule has 0 fully saturated rings. The molecule has 0 amide bonds. The highest BCUT2D eigenvalue weighted by molar-refractivity contribution is 5.54. The molecule has 1 unspecified atom stereocenters. The number of rotatable bonds is 7. The average Bonchev–Trinajstić information content (AvgIpc) is 2.42. The predicted octanol–water partition coefficient (Wildman–Crippen LogP) is 2.67. The monoisotopic (exact) mass is 267 g/mol. The molecule has 0 aromatic heterocycles. The quantitative estimate of drug-likeness (QED) is 0.824. The van der Waals surface area contributed by atoms with Gasteiger partial charge < -0.3 is 19.5 Å². The van der Waals surface area contributed by atoms with E-state index >= 15 is 0 Å². The number of hydrogen-bond acceptors (Lipinski definition) is 4. The summed E-state index contributed by atoms with van der Waals surface area (Å²) >= 11 is 0. The molecule has 1 aromatic carbocycles. The normalized spacial score (nSPS) is 12.4. The Morgan fingerprint density at radius 1 is 1.00 bits per heavy atom. The van der Waals surface area contributed by atoms with E-state index in [9.17, 15) is 0 Å². The van der Waals surface area contributed by atoms with Crippen LogP contribution in [-0.2, 0) is 0 Å². The standard InChI is InChI=1S/C15H25NO3/c1-10(2)12(9-16-3)11-7-13(17-4)15(19-6)14(8-11)18-5/h7-8,10,12,16H,9H2,1-6H3. The lowest BCUT2D eigenvalue weighted by atomic mass is 9.88. The van der Waals surface area contributed by atoms with Crippen molar-refractivity contribution in [2.45, 2.75) is 19.8 Å². The molecule has 0 bridgehead atoms. The highest BCUT2D eigenvalue weighted by Gasteiger charge is 2.20. The minimum absolute atomic E-state index is 0.402. The van der Waals surface area contributed by atoms with Crippen LogP contribution in [-0.4, -0.2) is 34.9 Å². The van der Waals surface area contributed by atoms with Gasteiger partial charge in [0, 0.05) is 6.54 Å². The van der Waals surface area contributed by atoms with Gasteiger partial charge in [-0.3, -0.25) is 0 Å². The third-order valence-corrected chi connectivity index (χ3v) is 3.34. The first-order valence-corrected chi connectivity index (χ1v) is 6.53. The van der Waals surface area contributed by atoms with E-state index in [1.165, 1.54) is 5.56 Å². The van der Waals surface area contributed by atoms with Crippen LogP contribution in [0.1, 0.15) is 25.3 Å². The summed E-state index contributed by atoms with van der Waals surface area (Å²) in [4.78, 5) is 0. The van der Waals surface area contributed by atoms with Gasteiger partial charge in [-0.15, -0.1) is 0 Å². The summed E-state index contributed by atoms with van der Waals surface area (Å²) in [5.41, 5.74) is 1.19. The minimum Gasteiger partial charge on any atom is -0.493 e. The summed E-state index contributed by atoms with van der Waals surface area (Å²) in [6.07, 6.45) is 0. The van der Waals surface area contributed by atoms with Crippen LogP contribution in [0.5, 0.6) is 17.2 Å². The summed E-state index contributed by atoms with van der Waals surface area (Å²) < 4.78 is 16.2. The molecule has 1 rings (SSSR count). The van der Waals surface area contributed by atoms with Crippen LogP contribution in [0, 0.1) is 5.92 Å². The zero-order valence-electron chi connectivity index (χ0n) is 12.7. The number of nitrogens with one attached hydrogen (secondary N) is 1. The molecule has 4 heteroatoms. The van der Waals surface area contributed by atoms with Gasteiger partial charge in [0.05, 0.1) is 21.3 Å². The fourth-order valence-corrected chi connectivity index (χ4v) is 2.27. The molecule has 0 aliphatic heterocycles. The van der Waals surface area contributed by atoms with Gasteiger partial charge in [0.15, 0.2) is 11.5 Å². The molecule has 19 heavy (non-hydrogen) atoms. The molecule has 0 aliphatic rings. The van der Waals surface area contributed by atoms with Crippen molar-refractivity contribution in [3.63, 3.8) is 0 Å². The topological polar surface area (TPSA) is 39.7 Å². The van der Waals surface area contributed by atoms with Crippen LogP contribution in [0.2, 0.25) is 0 Å². The van der Waals surface area contributed by atoms with E-state index in [1.54, 1.807) is 21.3 Å². The molecular formula is C15H25NO3. The predicted molar refractivity (Wildman–Crippen MR) is 77.6 cm³/mol. The Hall–Kier alpha value is -1.42. The fraction of sp³-hybridized carbons (Fsp3) is 0.600. The molecule has 0 saturated heterocycles. The molecule has 4 nitrogen and oxygen atoms in total. The van der Waals surface area contributed by atoms with Gasteiger partial charge in [-0.2, -0.15) is 0 Å².